The highest BCUT2D eigenvalue weighted by Gasteiger charge is 2.28. The highest BCUT2D eigenvalue weighted by atomic mass is 31.2. The second kappa shape index (κ2) is 6.83. The summed E-state index contributed by atoms with van der Waals surface area (Å²) >= 11 is 0. The molecule has 0 spiro atoms. The van der Waals surface area contributed by atoms with E-state index in [0.29, 0.717) is 0 Å². The molecule has 0 atom stereocenters. The topological polar surface area (TPSA) is 55.8 Å². The SMILES string of the molecule is CCOP(=O)(OCC)/C(C=C(C)C)=C/O. The van der Waals surface area contributed by atoms with Gasteiger partial charge in [0.1, 0.15) is 0 Å². The molecule has 0 aliphatic rings. The Morgan fingerprint density at radius 1 is 1.27 bits per heavy atom. The van der Waals surface area contributed by atoms with Gasteiger partial charge in [0.2, 0.25) is 0 Å². The third-order valence-corrected chi connectivity index (χ3v) is 3.56. The molecule has 0 bridgehead atoms. The van der Waals surface area contributed by atoms with Crippen LogP contribution in [0.1, 0.15) is 27.7 Å². The first-order chi connectivity index (χ1) is 7.00. The number of allylic oxidation sites excluding steroid dienone is 3. The average molecular weight is 234 g/mol. The van der Waals surface area contributed by atoms with Crippen LogP contribution in [0.4, 0.5) is 0 Å². The minimum atomic E-state index is -3.35. The van der Waals surface area contributed by atoms with E-state index in [-0.39, 0.29) is 18.5 Å². The maximum Gasteiger partial charge on any atom is 0.364 e. The lowest BCUT2D eigenvalue weighted by molar-refractivity contribution is 0.226. The van der Waals surface area contributed by atoms with E-state index in [1.807, 2.05) is 13.8 Å². The molecule has 15 heavy (non-hydrogen) atoms. The molecule has 0 aromatic heterocycles. The third-order valence-electron chi connectivity index (χ3n) is 1.48. The van der Waals surface area contributed by atoms with Crippen molar-refractivity contribution in [3.8, 4) is 0 Å². The van der Waals surface area contributed by atoms with E-state index in [4.69, 9.17) is 14.2 Å². The predicted octanol–water partition coefficient (Wildman–Crippen LogP) is 3.62. The van der Waals surface area contributed by atoms with Crippen LogP contribution in [0, 0.1) is 0 Å². The molecule has 0 saturated heterocycles. The molecule has 0 rings (SSSR count). The molecule has 0 radical (unpaired) electrons. The summed E-state index contributed by atoms with van der Waals surface area (Å²) in [6.07, 6.45) is 2.37. The lowest BCUT2D eigenvalue weighted by Crippen LogP contribution is -1.98. The summed E-state index contributed by atoms with van der Waals surface area (Å²) < 4.78 is 22.3. The van der Waals surface area contributed by atoms with E-state index < -0.39 is 7.60 Å². The molecule has 88 valence electrons. The summed E-state index contributed by atoms with van der Waals surface area (Å²) in [6, 6.07) is 0. The van der Waals surface area contributed by atoms with Gasteiger partial charge in [-0.1, -0.05) is 5.57 Å². The quantitative estimate of drug-likeness (QED) is 0.433. The fourth-order valence-corrected chi connectivity index (χ4v) is 2.62. The van der Waals surface area contributed by atoms with Gasteiger partial charge in [-0.25, -0.2) is 0 Å². The van der Waals surface area contributed by atoms with Gasteiger partial charge in [0, 0.05) is 0 Å². The van der Waals surface area contributed by atoms with Gasteiger partial charge < -0.3 is 14.2 Å². The molecular weight excluding hydrogens is 215 g/mol. The monoisotopic (exact) mass is 234 g/mol. The first-order valence-corrected chi connectivity index (χ1v) is 6.43. The molecule has 0 saturated carbocycles. The summed E-state index contributed by atoms with van der Waals surface area (Å²) in [4.78, 5) is 0. The average Bonchev–Trinajstić information content (AvgIpc) is 2.14. The zero-order valence-electron chi connectivity index (χ0n) is 9.69. The normalized spacial score (nSPS) is 12.7. The van der Waals surface area contributed by atoms with Crippen LogP contribution in [0.2, 0.25) is 0 Å². The van der Waals surface area contributed by atoms with Crippen LogP contribution in [-0.4, -0.2) is 18.3 Å². The third kappa shape index (κ3) is 4.65. The summed E-state index contributed by atoms with van der Waals surface area (Å²) in [6.45, 7) is 7.67. The van der Waals surface area contributed by atoms with Gasteiger partial charge in [-0.3, -0.25) is 4.57 Å². The maximum atomic E-state index is 12.2. The predicted molar refractivity (Wildman–Crippen MR) is 61.0 cm³/mol. The van der Waals surface area contributed by atoms with Gasteiger partial charge in [-0.2, -0.15) is 0 Å². The van der Waals surface area contributed by atoms with Crippen LogP contribution in [0.15, 0.2) is 23.2 Å². The first-order valence-electron chi connectivity index (χ1n) is 4.89. The smallest absolute Gasteiger partial charge is 0.364 e. The zero-order valence-corrected chi connectivity index (χ0v) is 10.6. The molecule has 0 fully saturated rings. The largest absolute Gasteiger partial charge is 0.515 e. The Kier molecular flexibility index (Phi) is 6.57. The van der Waals surface area contributed by atoms with Crippen molar-refractivity contribution in [1.82, 2.24) is 0 Å². The van der Waals surface area contributed by atoms with Gasteiger partial charge >= 0.3 is 7.60 Å². The minimum absolute atomic E-state index is 0.186. The van der Waals surface area contributed by atoms with Crippen molar-refractivity contribution in [1.29, 1.82) is 0 Å². The van der Waals surface area contributed by atoms with Crippen LogP contribution in [0.5, 0.6) is 0 Å². The van der Waals surface area contributed by atoms with Gasteiger partial charge in [-0.15, -0.1) is 0 Å². The Morgan fingerprint density at radius 2 is 1.73 bits per heavy atom. The lowest BCUT2D eigenvalue weighted by atomic mass is 10.3. The fourth-order valence-electron chi connectivity index (χ4n) is 1.01. The van der Waals surface area contributed by atoms with Crippen molar-refractivity contribution in [3.63, 3.8) is 0 Å². The molecule has 0 amide bonds. The number of aliphatic hydroxyl groups is 1. The molecule has 4 nitrogen and oxygen atoms in total. The van der Waals surface area contributed by atoms with Crippen molar-refractivity contribution in [3.05, 3.63) is 23.2 Å². The number of hydrogen-bond acceptors (Lipinski definition) is 4. The Labute approximate surface area is 91.1 Å². The van der Waals surface area contributed by atoms with Crippen molar-refractivity contribution in [2.45, 2.75) is 27.7 Å². The second-order valence-corrected chi connectivity index (χ2v) is 5.14. The number of rotatable bonds is 6. The van der Waals surface area contributed by atoms with Crippen molar-refractivity contribution in [2.75, 3.05) is 13.2 Å². The molecule has 5 heteroatoms. The lowest BCUT2D eigenvalue weighted by Gasteiger charge is -2.17. The van der Waals surface area contributed by atoms with Crippen molar-refractivity contribution in [2.24, 2.45) is 0 Å². The van der Waals surface area contributed by atoms with Gasteiger partial charge in [0.05, 0.1) is 24.8 Å². The van der Waals surface area contributed by atoms with Crippen LogP contribution in [0.3, 0.4) is 0 Å². The van der Waals surface area contributed by atoms with Gasteiger partial charge in [-0.05, 0) is 33.8 Å². The van der Waals surface area contributed by atoms with E-state index in [0.717, 1.165) is 11.8 Å². The van der Waals surface area contributed by atoms with Gasteiger partial charge in [0.25, 0.3) is 0 Å². The number of aliphatic hydroxyl groups excluding tert-OH is 1. The molecule has 0 aliphatic carbocycles. The standard InChI is InChI=1S/C10H19O4P/c1-5-13-15(12,14-6-2)10(8-11)7-9(3)4/h7-8,11H,5-6H2,1-4H3/b10-8+. The van der Waals surface area contributed by atoms with Crippen LogP contribution in [-0.2, 0) is 13.6 Å². The highest BCUT2D eigenvalue weighted by Crippen LogP contribution is 2.56. The summed E-state index contributed by atoms with van der Waals surface area (Å²) in [7, 11) is -3.35. The van der Waals surface area contributed by atoms with E-state index in [1.165, 1.54) is 0 Å². The molecule has 0 aromatic carbocycles. The summed E-state index contributed by atoms with van der Waals surface area (Å²) in [5, 5.41) is 9.21. The second-order valence-electron chi connectivity index (χ2n) is 3.11. The molecule has 0 aromatic rings. The molecule has 0 unspecified atom stereocenters. The van der Waals surface area contributed by atoms with Crippen LogP contribution < -0.4 is 0 Å². The summed E-state index contributed by atoms with van der Waals surface area (Å²) in [5.41, 5.74) is 0.912. The maximum absolute atomic E-state index is 12.2. The molecule has 0 aliphatic heterocycles. The molecule has 1 N–H and O–H groups in total. The van der Waals surface area contributed by atoms with Crippen molar-refractivity contribution >= 4 is 7.60 Å². The Bertz CT molecular complexity index is 280. The van der Waals surface area contributed by atoms with Gasteiger partial charge in [0.15, 0.2) is 0 Å². The molecular formula is C10H19O4P. The fraction of sp³-hybridized carbons (Fsp3) is 0.600. The van der Waals surface area contributed by atoms with E-state index in [1.54, 1.807) is 19.9 Å². The van der Waals surface area contributed by atoms with E-state index in [9.17, 15) is 4.57 Å². The Balaban J connectivity index is 5.04. The first kappa shape index (κ1) is 14.4. The molecule has 0 heterocycles. The van der Waals surface area contributed by atoms with Crippen LogP contribution >= 0.6 is 7.60 Å². The Hall–Kier alpha value is -0.570. The minimum Gasteiger partial charge on any atom is -0.515 e. The zero-order chi connectivity index (χ0) is 11.9. The summed E-state index contributed by atoms with van der Waals surface area (Å²) in [5.74, 6) is 0. The van der Waals surface area contributed by atoms with Crippen LogP contribution in [0.25, 0.3) is 0 Å². The highest BCUT2D eigenvalue weighted by molar-refractivity contribution is 7.58. The van der Waals surface area contributed by atoms with E-state index >= 15 is 0 Å². The van der Waals surface area contributed by atoms with E-state index in [2.05, 4.69) is 0 Å². The van der Waals surface area contributed by atoms with Crippen molar-refractivity contribution < 1.29 is 18.7 Å². The Morgan fingerprint density at radius 3 is 2.00 bits per heavy atom. The number of hydrogen-bond donors (Lipinski definition) is 1.